The van der Waals surface area contributed by atoms with Crippen LogP contribution in [0.2, 0.25) is 5.02 Å². The van der Waals surface area contributed by atoms with E-state index in [1.165, 1.54) is 30.3 Å². The summed E-state index contributed by atoms with van der Waals surface area (Å²) in [4.78, 5) is 26.8. The van der Waals surface area contributed by atoms with Crippen LogP contribution in [0.4, 0.5) is 18.9 Å². The molecule has 0 aromatic heterocycles. The minimum atomic E-state index is -2.83. The molecule has 1 saturated carbocycles. The number of amides is 2. The number of nitrogens with two attached hydrogens (primary N) is 1. The molecule has 1 unspecified atom stereocenters. The van der Waals surface area contributed by atoms with Crippen LogP contribution in [0.3, 0.4) is 0 Å². The van der Waals surface area contributed by atoms with Gasteiger partial charge in [-0.1, -0.05) is 35.9 Å². The Bertz CT molecular complexity index is 917. The molecule has 154 valence electrons. The van der Waals surface area contributed by atoms with E-state index in [1.807, 2.05) is 0 Å². The zero-order valence-electron chi connectivity index (χ0n) is 15.2. The molecule has 9 heteroatoms. The second kappa shape index (κ2) is 8.42. The van der Waals surface area contributed by atoms with Crippen LogP contribution < -0.4 is 16.0 Å². The zero-order chi connectivity index (χ0) is 21.2. The Balaban J connectivity index is 2.03. The Labute approximate surface area is 170 Å². The summed E-state index contributed by atoms with van der Waals surface area (Å²) in [5.41, 5.74) is 5.89. The van der Waals surface area contributed by atoms with Crippen molar-refractivity contribution in [1.82, 2.24) is 5.32 Å². The van der Waals surface area contributed by atoms with E-state index in [9.17, 15) is 22.8 Å². The summed E-state index contributed by atoms with van der Waals surface area (Å²) in [5, 5.41) is 2.73. The Morgan fingerprint density at radius 1 is 1.21 bits per heavy atom. The van der Waals surface area contributed by atoms with Crippen molar-refractivity contribution in [3.63, 3.8) is 0 Å². The third-order valence-electron chi connectivity index (χ3n) is 4.67. The summed E-state index contributed by atoms with van der Waals surface area (Å²) < 4.78 is 40.2. The first-order chi connectivity index (χ1) is 13.7. The highest BCUT2D eigenvalue weighted by Crippen LogP contribution is 2.38. The van der Waals surface area contributed by atoms with E-state index in [0.29, 0.717) is 0 Å². The van der Waals surface area contributed by atoms with Crippen molar-refractivity contribution in [3.05, 3.63) is 64.9 Å². The predicted molar refractivity (Wildman–Crippen MR) is 103 cm³/mol. The SMILES string of the molecule is NCC(=O)N(c1cccc(F)c1)C(C(=O)NC1CC(F)(F)C1)c1ccccc1Cl. The van der Waals surface area contributed by atoms with Crippen LogP contribution in [-0.4, -0.2) is 30.3 Å². The van der Waals surface area contributed by atoms with Gasteiger partial charge >= 0.3 is 0 Å². The Morgan fingerprint density at radius 3 is 2.48 bits per heavy atom. The number of rotatable bonds is 6. The lowest BCUT2D eigenvalue weighted by Crippen LogP contribution is -2.54. The van der Waals surface area contributed by atoms with Crippen LogP contribution in [0.15, 0.2) is 48.5 Å². The van der Waals surface area contributed by atoms with Gasteiger partial charge in [-0.3, -0.25) is 14.5 Å². The third kappa shape index (κ3) is 4.71. The summed E-state index contributed by atoms with van der Waals surface area (Å²) >= 11 is 6.26. The minimum Gasteiger partial charge on any atom is -0.351 e. The molecule has 3 rings (SSSR count). The van der Waals surface area contributed by atoms with E-state index in [-0.39, 0.29) is 16.3 Å². The van der Waals surface area contributed by atoms with E-state index < -0.39 is 55.0 Å². The molecule has 1 fully saturated rings. The summed E-state index contributed by atoms with van der Waals surface area (Å²) in [6, 6.07) is 9.41. The molecule has 0 radical (unpaired) electrons. The maximum atomic E-state index is 13.8. The number of carbonyl (C=O) groups excluding carboxylic acids is 2. The number of alkyl halides is 2. The van der Waals surface area contributed by atoms with Gasteiger partial charge in [-0.2, -0.15) is 0 Å². The van der Waals surface area contributed by atoms with E-state index in [4.69, 9.17) is 17.3 Å². The molecule has 1 aliphatic carbocycles. The van der Waals surface area contributed by atoms with Crippen LogP contribution in [0.25, 0.3) is 0 Å². The topological polar surface area (TPSA) is 75.4 Å². The average Bonchev–Trinajstić information content (AvgIpc) is 2.64. The zero-order valence-corrected chi connectivity index (χ0v) is 16.0. The number of benzene rings is 2. The van der Waals surface area contributed by atoms with Gasteiger partial charge in [-0.15, -0.1) is 0 Å². The number of anilines is 1. The summed E-state index contributed by atoms with van der Waals surface area (Å²) in [6.45, 7) is -0.452. The first kappa shape index (κ1) is 21.1. The molecule has 29 heavy (non-hydrogen) atoms. The van der Waals surface area contributed by atoms with Crippen molar-refractivity contribution in [2.75, 3.05) is 11.4 Å². The number of halogens is 4. The largest absolute Gasteiger partial charge is 0.351 e. The van der Waals surface area contributed by atoms with Gasteiger partial charge < -0.3 is 11.1 Å². The molecule has 0 aliphatic heterocycles. The van der Waals surface area contributed by atoms with Gasteiger partial charge in [-0.25, -0.2) is 13.2 Å². The van der Waals surface area contributed by atoms with Crippen LogP contribution in [0, 0.1) is 5.82 Å². The monoisotopic (exact) mass is 425 g/mol. The van der Waals surface area contributed by atoms with E-state index >= 15 is 0 Å². The quantitative estimate of drug-likeness (QED) is 0.744. The Hall–Kier alpha value is -2.58. The highest BCUT2D eigenvalue weighted by Gasteiger charge is 2.47. The third-order valence-corrected chi connectivity index (χ3v) is 5.02. The Morgan fingerprint density at radius 2 is 1.90 bits per heavy atom. The van der Waals surface area contributed by atoms with Crippen LogP contribution in [0.1, 0.15) is 24.4 Å². The highest BCUT2D eigenvalue weighted by molar-refractivity contribution is 6.31. The van der Waals surface area contributed by atoms with Gasteiger partial charge in [0, 0.05) is 35.2 Å². The lowest BCUT2D eigenvalue weighted by molar-refractivity contribution is -0.132. The number of hydrogen-bond donors (Lipinski definition) is 2. The first-order valence-corrected chi connectivity index (χ1v) is 9.30. The molecule has 1 atom stereocenters. The molecule has 5 nitrogen and oxygen atoms in total. The maximum Gasteiger partial charge on any atom is 0.252 e. The normalized spacial score (nSPS) is 16.6. The summed E-state index contributed by atoms with van der Waals surface area (Å²) in [7, 11) is 0. The van der Waals surface area contributed by atoms with Crippen molar-refractivity contribution in [3.8, 4) is 0 Å². The van der Waals surface area contributed by atoms with Crippen molar-refractivity contribution < 1.29 is 22.8 Å². The number of carbonyl (C=O) groups is 2. The molecule has 2 amide bonds. The number of hydrogen-bond acceptors (Lipinski definition) is 3. The van der Waals surface area contributed by atoms with E-state index in [0.717, 1.165) is 11.0 Å². The fourth-order valence-corrected chi connectivity index (χ4v) is 3.54. The standard InChI is InChI=1S/C20H19ClF3N3O2/c21-16-7-2-1-6-15(16)18(19(29)26-13-9-20(23,24)10-13)27(17(28)11-25)14-5-3-4-12(22)8-14/h1-8,13,18H,9-11,25H2,(H,26,29). The predicted octanol–water partition coefficient (Wildman–Crippen LogP) is 3.43. The number of nitrogens with one attached hydrogen (secondary N) is 1. The lowest BCUT2D eigenvalue weighted by atomic mass is 9.87. The van der Waals surface area contributed by atoms with Gasteiger partial charge in [0.2, 0.25) is 11.8 Å². The molecule has 0 bridgehead atoms. The average molecular weight is 426 g/mol. The van der Waals surface area contributed by atoms with E-state index in [1.54, 1.807) is 12.1 Å². The molecule has 3 N–H and O–H groups in total. The van der Waals surface area contributed by atoms with Gasteiger partial charge in [0.15, 0.2) is 0 Å². The molecule has 0 saturated heterocycles. The van der Waals surface area contributed by atoms with Gasteiger partial charge in [0.1, 0.15) is 11.9 Å². The highest BCUT2D eigenvalue weighted by atomic mass is 35.5. The lowest BCUT2D eigenvalue weighted by Gasteiger charge is -2.38. The summed E-state index contributed by atoms with van der Waals surface area (Å²) in [5.74, 6) is -4.80. The molecular weight excluding hydrogens is 407 g/mol. The minimum absolute atomic E-state index is 0.0967. The van der Waals surface area contributed by atoms with Crippen LogP contribution >= 0.6 is 11.6 Å². The van der Waals surface area contributed by atoms with Gasteiger partial charge in [0.05, 0.1) is 6.54 Å². The summed E-state index contributed by atoms with van der Waals surface area (Å²) in [6.07, 6.45) is -0.975. The van der Waals surface area contributed by atoms with Crippen LogP contribution in [0.5, 0.6) is 0 Å². The molecule has 0 spiro atoms. The second-order valence-electron chi connectivity index (χ2n) is 6.84. The molecular formula is C20H19ClF3N3O2. The van der Waals surface area contributed by atoms with E-state index in [2.05, 4.69) is 5.32 Å². The van der Waals surface area contributed by atoms with Gasteiger partial charge in [0.25, 0.3) is 5.92 Å². The number of nitrogens with zero attached hydrogens (tertiary/aromatic N) is 1. The van der Waals surface area contributed by atoms with Crippen LogP contribution in [-0.2, 0) is 9.59 Å². The smallest absolute Gasteiger partial charge is 0.252 e. The molecule has 2 aromatic rings. The van der Waals surface area contributed by atoms with Crippen molar-refractivity contribution in [1.29, 1.82) is 0 Å². The molecule has 1 aliphatic rings. The fourth-order valence-electron chi connectivity index (χ4n) is 3.30. The molecule has 2 aromatic carbocycles. The first-order valence-electron chi connectivity index (χ1n) is 8.92. The van der Waals surface area contributed by atoms with Crippen molar-refractivity contribution in [2.45, 2.75) is 30.8 Å². The second-order valence-corrected chi connectivity index (χ2v) is 7.25. The van der Waals surface area contributed by atoms with Crippen molar-refractivity contribution >= 4 is 29.1 Å². The van der Waals surface area contributed by atoms with Gasteiger partial charge in [-0.05, 0) is 24.3 Å². The maximum absolute atomic E-state index is 13.8. The van der Waals surface area contributed by atoms with Crippen molar-refractivity contribution in [2.24, 2.45) is 5.73 Å². The fraction of sp³-hybridized carbons (Fsp3) is 0.300. The molecule has 0 heterocycles. The Kier molecular flexibility index (Phi) is 6.14.